The fourth-order valence-corrected chi connectivity index (χ4v) is 3.94. The van der Waals surface area contributed by atoms with Gasteiger partial charge in [-0.2, -0.15) is 0 Å². The minimum atomic E-state index is -0.265. The van der Waals surface area contributed by atoms with Crippen molar-refractivity contribution in [1.82, 2.24) is 25.0 Å². The van der Waals surface area contributed by atoms with Gasteiger partial charge in [-0.1, -0.05) is 0 Å². The second-order valence-corrected chi connectivity index (χ2v) is 7.23. The lowest BCUT2D eigenvalue weighted by atomic mass is 9.87. The van der Waals surface area contributed by atoms with Crippen molar-refractivity contribution >= 4 is 0 Å². The Kier molecular flexibility index (Phi) is 3.38. The van der Waals surface area contributed by atoms with Crippen molar-refractivity contribution in [3.63, 3.8) is 0 Å². The molecule has 24 heavy (non-hydrogen) atoms. The van der Waals surface area contributed by atoms with E-state index in [0.717, 1.165) is 43.5 Å². The number of pyridine rings is 1. The summed E-state index contributed by atoms with van der Waals surface area (Å²) in [4.78, 5) is 8.78. The molecule has 2 bridgehead atoms. The molecule has 2 aromatic heterocycles. The summed E-state index contributed by atoms with van der Waals surface area (Å²) in [6.07, 6.45) is 6.58. The number of fused-ring (bicyclic) bond motifs is 2. The highest BCUT2D eigenvalue weighted by atomic mass is 19.1. The van der Waals surface area contributed by atoms with E-state index in [0.29, 0.717) is 18.0 Å². The molecule has 3 aliphatic heterocycles. The first-order chi connectivity index (χ1) is 11.7. The Morgan fingerprint density at radius 3 is 2.71 bits per heavy atom. The van der Waals surface area contributed by atoms with Gasteiger partial charge in [-0.15, -0.1) is 10.2 Å². The highest BCUT2D eigenvalue weighted by Gasteiger charge is 2.45. The molecule has 6 nitrogen and oxygen atoms in total. The average molecular weight is 329 g/mol. The molecule has 6 rings (SSSR count). The molecule has 2 aromatic rings. The molecule has 4 aliphatic rings. The first kappa shape index (κ1) is 14.5. The summed E-state index contributed by atoms with van der Waals surface area (Å²) >= 11 is 0. The summed E-state index contributed by atoms with van der Waals surface area (Å²) in [7, 11) is 0. The summed E-state index contributed by atoms with van der Waals surface area (Å²) in [5, 5.41) is 8.37. The van der Waals surface area contributed by atoms with E-state index in [9.17, 15) is 4.39 Å². The molecule has 126 valence electrons. The lowest BCUT2D eigenvalue weighted by Gasteiger charge is -2.56. The third kappa shape index (κ3) is 2.71. The van der Waals surface area contributed by atoms with Crippen molar-refractivity contribution < 1.29 is 8.81 Å². The van der Waals surface area contributed by atoms with Gasteiger partial charge in [0.2, 0.25) is 11.8 Å². The van der Waals surface area contributed by atoms with Gasteiger partial charge < -0.3 is 4.42 Å². The standard InChI is InChI=1S/C17H20FN5O/c18-13-3-11(5-19-6-13)7-22-8-14-4-15(9-22)23(14)10-16-20-21-17(24-16)12-1-2-12/h3,5-6,12,14-15H,1-2,4,7-10H2. The van der Waals surface area contributed by atoms with Gasteiger partial charge in [0.05, 0.1) is 12.7 Å². The molecule has 0 spiro atoms. The van der Waals surface area contributed by atoms with Gasteiger partial charge in [-0.25, -0.2) is 4.39 Å². The summed E-state index contributed by atoms with van der Waals surface area (Å²) in [5.41, 5.74) is 0.939. The van der Waals surface area contributed by atoms with Crippen LogP contribution in [-0.2, 0) is 13.1 Å². The molecule has 2 atom stereocenters. The fraction of sp³-hybridized carbons (Fsp3) is 0.588. The van der Waals surface area contributed by atoms with E-state index in [-0.39, 0.29) is 5.82 Å². The van der Waals surface area contributed by atoms with E-state index in [1.54, 1.807) is 12.3 Å². The largest absolute Gasteiger partial charge is 0.424 e. The number of piperazine rings is 1. The minimum absolute atomic E-state index is 0.265. The molecule has 0 N–H and O–H groups in total. The molecular weight excluding hydrogens is 309 g/mol. The Morgan fingerprint density at radius 1 is 1.12 bits per heavy atom. The zero-order valence-electron chi connectivity index (χ0n) is 13.4. The van der Waals surface area contributed by atoms with E-state index in [1.165, 1.54) is 25.5 Å². The first-order valence-electron chi connectivity index (χ1n) is 8.64. The number of aromatic nitrogens is 3. The highest BCUT2D eigenvalue weighted by molar-refractivity contribution is 5.12. The Morgan fingerprint density at radius 2 is 1.96 bits per heavy atom. The van der Waals surface area contributed by atoms with Crippen LogP contribution in [0.1, 0.15) is 42.5 Å². The number of nitrogens with zero attached hydrogens (tertiary/aromatic N) is 5. The lowest BCUT2D eigenvalue weighted by molar-refractivity contribution is -0.0814. The zero-order chi connectivity index (χ0) is 16.1. The van der Waals surface area contributed by atoms with E-state index in [1.807, 2.05) is 0 Å². The van der Waals surface area contributed by atoms with Crippen LogP contribution in [0.2, 0.25) is 0 Å². The molecule has 4 fully saturated rings. The van der Waals surface area contributed by atoms with Gasteiger partial charge in [0, 0.05) is 43.8 Å². The molecule has 0 aromatic carbocycles. The third-order valence-corrected chi connectivity index (χ3v) is 5.31. The Labute approximate surface area is 139 Å². The van der Waals surface area contributed by atoms with Crippen LogP contribution in [0.25, 0.3) is 0 Å². The normalized spacial score (nSPS) is 27.2. The van der Waals surface area contributed by atoms with Gasteiger partial charge in [0.1, 0.15) is 5.82 Å². The van der Waals surface area contributed by atoms with E-state index in [2.05, 4.69) is 25.0 Å². The fourth-order valence-electron chi connectivity index (χ4n) is 3.94. The SMILES string of the molecule is Fc1cncc(CN2CC3CC(C2)N3Cc2nnc(C3CC3)o2)c1. The molecule has 3 saturated heterocycles. The molecule has 5 heterocycles. The van der Waals surface area contributed by atoms with E-state index in [4.69, 9.17) is 4.42 Å². The third-order valence-electron chi connectivity index (χ3n) is 5.31. The van der Waals surface area contributed by atoms with Crippen molar-refractivity contribution in [3.8, 4) is 0 Å². The highest BCUT2D eigenvalue weighted by Crippen LogP contribution is 2.39. The van der Waals surface area contributed by atoms with Crippen LogP contribution < -0.4 is 0 Å². The van der Waals surface area contributed by atoms with Crippen LogP contribution in [0.4, 0.5) is 4.39 Å². The van der Waals surface area contributed by atoms with E-state index < -0.39 is 0 Å². The van der Waals surface area contributed by atoms with Crippen molar-refractivity contribution in [2.24, 2.45) is 0 Å². The number of hydrogen-bond acceptors (Lipinski definition) is 6. The topological polar surface area (TPSA) is 58.3 Å². The number of piperidine rings is 1. The second-order valence-electron chi connectivity index (χ2n) is 7.23. The van der Waals surface area contributed by atoms with Gasteiger partial charge in [-0.3, -0.25) is 14.8 Å². The molecule has 2 unspecified atom stereocenters. The number of hydrogen-bond donors (Lipinski definition) is 0. The number of rotatable bonds is 5. The molecule has 0 amide bonds. The second kappa shape index (κ2) is 5.60. The maximum absolute atomic E-state index is 13.3. The lowest BCUT2D eigenvalue weighted by Crippen LogP contribution is -2.67. The van der Waals surface area contributed by atoms with Crippen molar-refractivity contribution in [2.45, 2.75) is 50.4 Å². The van der Waals surface area contributed by atoms with Crippen molar-refractivity contribution in [1.29, 1.82) is 0 Å². The summed E-state index contributed by atoms with van der Waals surface area (Å²) < 4.78 is 19.0. The minimum Gasteiger partial charge on any atom is -0.424 e. The Balaban J connectivity index is 1.19. The van der Waals surface area contributed by atoms with Crippen LogP contribution in [0.15, 0.2) is 22.9 Å². The maximum atomic E-state index is 13.3. The molecular formula is C17H20FN5O. The quantitative estimate of drug-likeness (QED) is 0.835. The summed E-state index contributed by atoms with van der Waals surface area (Å²) in [6, 6.07) is 2.63. The van der Waals surface area contributed by atoms with Crippen LogP contribution >= 0.6 is 0 Å². The van der Waals surface area contributed by atoms with Gasteiger partial charge in [0.15, 0.2) is 0 Å². The number of halogens is 1. The first-order valence-corrected chi connectivity index (χ1v) is 8.64. The van der Waals surface area contributed by atoms with Crippen LogP contribution in [-0.4, -0.2) is 50.2 Å². The molecule has 1 aliphatic carbocycles. The summed E-state index contributed by atoms with van der Waals surface area (Å²) in [5.74, 6) is 1.81. The molecule has 0 radical (unpaired) electrons. The van der Waals surface area contributed by atoms with Crippen molar-refractivity contribution in [3.05, 3.63) is 41.6 Å². The van der Waals surface area contributed by atoms with Gasteiger partial charge in [0.25, 0.3) is 0 Å². The average Bonchev–Trinajstić information content (AvgIpc) is 3.32. The predicted molar refractivity (Wildman–Crippen MR) is 83.5 cm³/mol. The zero-order valence-corrected chi connectivity index (χ0v) is 13.4. The smallest absolute Gasteiger partial charge is 0.230 e. The summed E-state index contributed by atoms with van der Waals surface area (Å²) in [6.45, 7) is 3.51. The predicted octanol–water partition coefficient (Wildman–Crippen LogP) is 1.94. The Hall–Kier alpha value is -1.86. The maximum Gasteiger partial charge on any atom is 0.230 e. The van der Waals surface area contributed by atoms with Crippen LogP contribution in [0.5, 0.6) is 0 Å². The van der Waals surface area contributed by atoms with Crippen LogP contribution in [0, 0.1) is 5.82 Å². The Bertz CT molecular complexity index is 734. The monoisotopic (exact) mass is 329 g/mol. The van der Waals surface area contributed by atoms with Crippen LogP contribution in [0.3, 0.4) is 0 Å². The molecule has 7 heteroatoms. The van der Waals surface area contributed by atoms with Gasteiger partial charge >= 0.3 is 0 Å². The van der Waals surface area contributed by atoms with Gasteiger partial charge in [-0.05, 0) is 30.9 Å². The molecule has 1 saturated carbocycles. The van der Waals surface area contributed by atoms with Crippen molar-refractivity contribution in [2.75, 3.05) is 13.1 Å². The van der Waals surface area contributed by atoms with E-state index >= 15 is 0 Å².